The third kappa shape index (κ3) is 4.05. The molecule has 1 atom stereocenters. The van der Waals surface area contributed by atoms with Crippen molar-refractivity contribution in [3.8, 4) is 0 Å². The molecule has 0 aliphatic carbocycles. The van der Waals surface area contributed by atoms with Crippen LogP contribution in [0.2, 0.25) is 26.2 Å². The molecule has 11 heavy (non-hydrogen) atoms. The zero-order valence-corrected chi connectivity index (χ0v) is 10.1. The lowest BCUT2D eigenvalue weighted by atomic mass is 10.4. The Morgan fingerprint density at radius 3 is 2.09 bits per heavy atom. The van der Waals surface area contributed by atoms with E-state index in [9.17, 15) is 0 Å². The highest BCUT2D eigenvalue weighted by molar-refractivity contribution is 7.31. The maximum absolute atomic E-state index is 6.01. The van der Waals surface area contributed by atoms with Gasteiger partial charge in [0, 0.05) is 7.59 Å². The highest BCUT2D eigenvalue weighted by Crippen LogP contribution is 2.09. The van der Waals surface area contributed by atoms with E-state index in [1.165, 1.54) is 0 Å². The lowest BCUT2D eigenvalue weighted by Gasteiger charge is -2.28. The van der Waals surface area contributed by atoms with E-state index in [1.54, 1.807) is 0 Å². The second-order valence-corrected chi connectivity index (χ2v) is 17.6. The standard InChI is InChI=1S/C7H21N2Si2/c1-10(11(2,3)4)7(9)5-6-8/h7H,5-6,8-9H2,1-4H3. The maximum atomic E-state index is 6.01. The summed E-state index contributed by atoms with van der Waals surface area (Å²) in [7, 11) is -1.25. The SMILES string of the molecule is C[Si](C(N)CCN)[Si](C)(C)C. The molecule has 0 aromatic rings. The van der Waals surface area contributed by atoms with Crippen LogP contribution in [0.25, 0.3) is 0 Å². The fourth-order valence-corrected chi connectivity index (χ4v) is 6.43. The Morgan fingerprint density at radius 1 is 1.36 bits per heavy atom. The molecule has 0 saturated heterocycles. The Morgan fingerprint density at radius 2 is 1.82 bits per heavy atom. The molecule has 67 valence electrons. The smallest absolute Gasteiger partial charge is 0.0576 e. The molecular weight excluding hydrogens is 168 g/mol. The predicted molar refractivity (Wildman–Crippen MR) is 56.6 cm³/mol. The first-order valence-corrected chi connectivity index (χ1v) is 10.8. The van der Waals surface area contributed by atoms with Crippen molar-refractivity contribution in [1.29, 1.82) is 0 Å². The third-order valence-electron chi connectivity index (χ3n) is 2.22. The minimum atomic E-state index is -0.940. The zero-order valence-electron chi connectivity index (χ0n) is 8.15. The zero-order chi connectivity index (χ0) is 9.07. The van der Waals surface area contributed by atoms with E-state index in [0.29, 0.717) is 5.67 Å². The van der Waals surface area contributed by atoms with Crippen LogP contribution in [0.5, 0.6) is 0 Å². The van der Waals surface area contributed by atoms with Crippen LogP contribution >= 0.6 is 0 Å². The third-order valence-corrected chi connectivity index (χ3v) is 14.2. The average molecular weight is 189 g/mol. The lowest BCUT2D eigenvalue weighted by molar-refractivity contribution is 0.777. The number of hydrogen-bond donors (Lipinski definition) is 2. The van der Waals surface area contributed by atoms with Crippen LogP contribution in [0.3, 0.4) is 0 Å². The fourth-order valence-electron chi connectivity index (χ4n) is 0.952. The van der Waals surface area contributed by atoms with Crippen molar-refractivity contribution in [2.45, 2.75) is 38.3 Å². The second-order valence-electron chi connectivity index (χ2n) is 4.12. The molecule has 0 saturated carbocycles. The van der Waals surface area contributed by atoms with Gasteiger partial charge in [-0.25, -0.2) is 0 Å². The topological polar surface area (TPSA) is 52.0 Å². The van der Waals surface area contributed by atoms with Gasteiger partial charge in [-0.1, -0.05) is 26.2 Å². The van der Waals surface area contributed by atoms with Gasteiger partial charge < -0.3 is 11.5 Å². The van der Waals surface area contributed by atoms with E-state index in [1.807, 2.05) is 0 Å². The number of nitrogens with two attached hydrogens (primary N) is 2. The highest BCUT2D eigenvalue weighted by Gasteiger charge is 2.28. The average Bonchev–Trinajstić information content (AvgIpc) is 1.85. The summed E-state index contributed by atoms with van der Waals surface area (Å²) in [6.45, 7) is 10.3. The molecule has 4 heteroatoms. The van der Waals surface area contributed by atoms with Crippen molar-refractivity contribution < 1.29 is 0 Å². The Hall–Kier alpha value is 0.354. The molecule has 0 spiro atoms. The second kappa shape index (κ2) is 4.40. The predicted octanol–water partition coefficient (Wildman–Crippen LogP) is 0.743. The van der Waals surface area contributed by atoms with Gasteiger partial charge in [-0.15, -0.1) is 0 Å². The quantitative estimate of drug-likeness (QED) is 0.641. The largest absolute Gasteiger partial charge is 0.331 e. The molecule has 0 aromatic carbocycles. The van der Waals surface area contributed by atoms with E-state index in [0.717, 1.165) is 13.0 Å². The molecule has 0 heterocycles. The van der Waals surface area contributed by atoms with Gasteiger partial charge in [0.05, 0.1) is 8.31 Å². The summed E-state index contributed by atoms with van der Waals surface area (Å²) in [4.78, 5) is 0. The van der Waals surface area contributed by atoms with Crippen LogP contribution in [-0.4, -0.2) is 28.1 Å². The molecule has 0 bridgehead atoms. The Labute approximate surface area is 72.8 Å². The number of rotatable bonds is 4. The van der Waals surface area contributed by atoms with Crippen molar-refractivity contribution in [3.63, 3.8) is 0 Å². The van der Waals surface area contributed by atoms with Crippen LogP contribution in [0, 0.1) is 0 Å². The van der Waals surface area contributed by atoms with E-state index >= 15 is 0 Å². The van der Waals surface area contributed by atoms with E-state index in [-0.39, 0.29) is 8.31 Å². The van der Waals surface area contributed by atoms with Crippen molar-refractivity contribution in [2.24, 2.45) is 11.5 Å². The van der Waals surface area contributed by atoms with E-state index < -0.39 is 7.59 Å². The van der Waals surface area contributed by atoms with Gasteiger partial charge in [0.25, 0.3) is 0 Å². The summed E-state index contributed by atoms with van der Waals surface area (Å²) in [6.07, 6.45) is 1.01. The molecule has 2 nitrogen and oxygen atoms in total. The van der Waals surface area contributed by atoms with E-state index in [2.05, 4.69) is 26.2 Å². The first-order valence-electron chi connectivity index (χ1n) is 4.19. The molecule has 0 aromatic heterocycles. The Bertz CT molecular complexity index is 111. The summed E-state index contributed by atoms with van der Waals surface area (Å²) in [5, 5.41) is 0. The van der Waals surface area contributed by atoms with Gasteiger partial charge in [0.15, 0.2) is 0 Å². The molecular formula is C7H21N2Si2. The summed E-state index contributed by atoms with van der Waals surface area (Å²) in [5.41, 5.74) is 11.9. The maximum Gasteiger partial charge on any atom is 0.0576 e. The van der Waals surface area contributed by atoms with Gasteiger partial charge in [0.1, 0.15) is 0 Å². The van der Waals surface area contributed by atoms with Crippen LogP contribution in [0.4, 0.5) is 0 Å². The molecule has 0 amide bonds. The number of hydrogen-bond acceptors (Lipinski definition) is 2. The van der Waals surface area contributed by atoms with Crippen molar-refractivity contribution in [3.05, 3.63) is 0 Å². The molecule has 0 aliphatic rings. The summed E-state index contributed by atoms with van der Waals surface area (Å²) >= 11 is 0. The minimum absolute atomic E-state index is 0.309. The first-order chi connectivity index (χ1) is 4.89. The van der Waals surface area contributed by atoms with Crippen LogP contribution < -0.4 is 11.5 Å². The van der Waals surface area contributed by atoms with Gasteiger partial charge in [-0.3, -0.25) is 0 Å². The summed E-state index contributed by atoms with van der Waals surface area (Å²) in [5.74, 6) is 0. The molecule has 4 N–H and O–H groups in total. The molecule has 1 radical (unpaired) electrons. The lowest BCUT2D eigenvalue weighted by Crippen LogP contribution is -2.53. The van der Waals surface area contributed by atoms with Gasteiger partial charge in [-0.05, 0) is 18.6 Å². The van der Waals surface area contributed by atoms with Crippen molar-refractivity contribution in [2.75, 3.05) is 6.54 Å². The van der Waals surface area contributed by atoms with E-state index in [4.69, 9.17) is 11.5 Å². The fraction of sp³-hybridized carbons (Fsp3) is 1.00. The first kappa shape index (κ1) is 11.4. The normalized spacial score (nSPS) is 15.5. The summed E-state index contributed by atoms with van der Waals surface area (Å²) < 4.78 is 0. The van der Waals surface area contributed by atoms with Crippen LogP contribution in [0.1, 0.15) is 6.42 Å². The molecule has 0 fully saturated rings. The van der Waals surface area contributed by atoms with Crippen molar-refractivity contribution in [1.82, 2.24) is 0 Å². The highest BCUT2D eigenvalue weighted by atomic mass is 29.2. The Kier molecular flexibility index (Phi) is 4.54. The minimum Gasteiger partial charge on any atom is -0.331 e. The Balaban J connectivity index is 3.91. The van der Waals surface area contributed by atoms with Crippen LogP contribution in [0.15, 0.2) is 0 Å². The van der Waals surface area contributed by atoms with Gasteiger partial charge >= 0.3 is 0 Å². The monoisotopic (exact) mass is 189 g/mol. The van der Waals surface area contributed by atoms with Gasteiger partial charge in [-0.2, -0.15) is 0 Å². The molecule has 1 unspecified atom stereocenters. The molecule has 0 aliphatic heterocycles. The van der Waals surface area contributed by atoms with Crippen molar-refractivity contribution >= 4 is 15.9 Å². The summed E-state index contributed by atoms with van der Waals surface area (Å²) in [6, 6.07) is 0. The molecule has 0 rings (SSSR count). The van der Waals surface area contributed by atoms with Gasteiger partial charge in [0.2, 0.25) is 0 Å². The van der Waals surface area contributed by atoms with Crippen LogP contribution in [-0.2, 0) is 0 Å².